The van der Waals surface area contributed by atoms with Crippen LogP contribution in [0.15, 0.2) is 12.2 Å². The minimum atomic E-state index is -0.307. The van der Waals surface area contributed by atoms with Crippen LogP contribution in [0.5, 0.6) is 0 Å². The van der Waals surface area contributed by atoms with Gasteiger partial charge in [-0.3, -0.25) is 4.79 Å². The van der Waals surface area contributed by atoms with Crippen molar-refractivity contribution in [3.05, 3.63) is 12.2 Å². The summed E-state index contributed by atoms with van der Waals surface area (Å²) in [6.45, 7) is 4.02. The van der Waals surface area contributed by atoms with E-state index >= 15 is 0 Å². The largest absolute Gasteiger partial charge is 0.390 e. The lowest BCUT2D eigenvalue weighted by Gasteiger charge is -2.33. The molecule has 1 fully saturated rings. The molecule has 4 atom stereocenters. The van der Waals surface area contributed by atoms with Gasteiger partial charge < -0.3 is 9.84 Å². The van der Waals surface area contributed by atoms with E-state index in [1.165, 1.54) is 0 Å². The summed E-state index contributed by atoms with van der Waals surface area (Å²) in [4.78, 5) is 11.2. The molecule has 0 heterocycles. The summed E-state index contributed by atoms with van der Waals surface area (Å²) in [6.07, 6.45) is 7.85. The van der Waals surface area contributed by atoms with E-state index in [4.69, 9.17) is 4.74 Å². The molecule has 0 aromatic carbocycles. The fourth-order valence-corrected chi connectivity index (χ4v) is 2.66. The number of carbonyl (C=O) groups is 1. The van der Waals surface area contributed by atoms with Gasteiger partial charge in [0, 0.05) is 13.5 Å². The lowest BCUT2D eigenvalue weighted by molar-refractivity contribution is -0.114. The minimum Gasteiger partial charge on any atom is -0.390 e. The summed E-state index contributed by atoms with van der Waals surface area (Å²) in [5, 5.41) is 9.75. The zero-order chi connectivity index (χ0) is 13.5. The zero-order valence-corrected chi connectivity index (χ0v) is 11.8. The maximum absolute atomic E-state index is 11.2. The number of ketones is 1. The van der Waals surface area contributed by atoms with Crippen LogP contribution in [0.25, 0.3) is 0 Å². The number of allylic oxidation sites excluding steroid dienone is 2. The molecular formula is C15H26O3. The number of ether oxygens (including phenoxy) is 1. The molecule has 0 saturated heterocycles. The molecule has 0 aliphatic heterocycles. The number of rotatable bonds is 6. The van der Waals surface area contributed by atoms with E-state index in [0.717, 1.165) is 25.7 Å². The lowest BCUT2D eigenvalue weighted by atomic mass is 9.80. The Morgan fingerprint density at radius 1 is 1.50 bits per heavy atom. The van der Waals surface area contributed by atoms with E-state index in [0.29, 0.717) is 18.3 Å². The summed E-state index contributed by atoms with van der Waals surface area (Å²) in [6, 6.07) is 0. The van der Waals surface area contributed by atoms with Crippen LogP contribution in [0, 0.1) is 11.8 Å². The van der Waals surface area contributed by atoms with Crippen LogP contribution in [0.4, 0.5) is 0 Å². The Hall–Kier alpha value is -0.670. The Morgan fingerprint density at radius 2 is 2.22 bits per heavy atom. The third-order valence-corrected chi connectivity index (χ3v) is 3.83. The topological polar surface area (TPSA) is 46.5 Å². The van der Waals surface area contributed by atoms with Crippen molar-refractivity contribution < 1.29 is 14.6 Å². The molecule has 3 heteroatoms. The molecule has 0 spiro atoms. The Bertz CT molecular complexity index is 285. The van der Waals surface area contributed by atoms with Gasteiger partial charge in [0.25, 0.3) is 0 Å². The SMILES string of the molecule is CCC(=O)/C=C/C(C)CC1CCC(O)C(OC)C1. The third kappa shape index (κ3) is 4.91. The number of aliphatic hydroxyl groups is 1. The van der Waals surface area contributed by atoms with Crippen molar-refractivity contribution >= 4 is 5.78 Å². The lowest BCUT2D eigenvalue weighted by Crippen LogP contribution is -2.35. The second-order valence-corrected chi connectivity index (χ2v) is 5.41. The molecule has 1 saturated carbocycles. The number of carbonyl (C=O) groups excluding carboxylic acids is 1. The maximum Gasteiger partial charge on any atom is 0.155 e. The van der Waals surface area contributed by atoms with Crippen LogP contribution >= 0.6 is 0 Å². The quantitative estimate of drug-likeness (QED) is 0.741. The van der Waals surface area contributed by atoms with Crippen molar-refractivity contribution in [2.24, 2.45) is 11.8 Å². The Morgan fingerprint density at radius 3 is 2.83 bits per heavy atom. The molecule has 104 valence electrons. The summed E-state index contributed by atoms with van der Waals surface area (Å²) >= 11 is 0. The van der Waals surface area contributed by atoms with Crippen LogP contribution in [0.3, 0.4) is 0 Å². The normalized spacial score (nSPS) is 30.6. The smallest absolute Gasteiger partial charge is 0.155 e. The molecule has 1 aliphatic carbocycles. The van der Waals surface area contributed by atoms with Crippen molar-refractivity contribution in [1.82, 2.24) is 0 Å². The van der Waals surface area contributed by atoms with Gasteiger partial charge in [-0.2, -0.15) is 0 Å². The summed E-state index contributed by atoms with van der Waals surface area (Å²) in [7, 11) is 1.67. The molecular weight excluding hydrogens is 228 g/mol. The molecule has 1 rings (SSSR count). The van der Waals surface area contributed by atoms with E-state index in [9.17, 15) is 9.90 Å². The average Bonchev–Trinajstić information content (AvgIpc) is 2.38. The second kappa shape index (κ2) is 7.70. The molecule has 0 aromatic heterocycles. The molecule has 4 unspecified atom stereocenters. The van der Waals surface area contributed by atoms with Gasteiger partial charge in [0.05, 0.1) is 12.2 Å². The van der Waals surface area contributed by atoms with Crippen molar-refractivity contribution in [3.8, 4) is 0 Å². The molecule has 0 bridgehead atoms. The molecule has 1 aliphatic rings. The van der Waals surface area contributed by atoms with Gasteiger partial charge in [-0.25, -0.2) is 0 Å². The van der Waals surface area contributed by atoms with Crippen LogP contribution in [0.1, 0.15) is 46.0 Å². The molecule has 0 amide bonds. The van der Waals surface area contributed by atoms with Crippen molar-refractivity contribution in [1.29, 1.82) is 0 Å². The number of aliphatic hydroxyl groups excluding tert-OH is 1. The van der Waals surface area contributed by atoms with Crippen LogP contribution in [-0.4, -0.2) is 30.2 Å². The first-order chi connectivity index (χ1) is 8.56. The molecule has 3 nitrogen and oxygen atoms in total. The Labute approximate surface area is 110 Å². The van der Waals surface area contributed by atoms with Gasteiger partial charge in [-0.15, -0.1) is 0 Å². The van der Waals surface area contributed by atoms with Gasteiger partial charge >= 0.3 is 0 Å². The van der Waals surface area contributed by atoms with Crippen LogP contribution in [0.2, 0.25) is 0 Å². The maximum atomic E-state index is 11.2. The summed E-state index contributed by atoms with van der Waals surface area (Å²) in [5.74, 6) is 1.20. The number of hydrogen-bond acceptors (Lipinski definition) is 3. The Balaban J connectivity index is 2.38. The highest BCUT2D eigenvalue weighted by molar-refractivity contribution is 5.89. The zero-order valence-electron chi connectivity index (χ0n) is 11.8. The van der Waals surface area contributed by atoms with Crippen molar-refractivity contribution in [2.45, 2.75) is 58.2 Å². The molecule has 0 radical (unpaired) electrons. The first-order valence-electron chi connectivity index (χ1n) is 6.98. The van der Waals surface area contributed by atoms with Gasteiger partial charge in [-0.1, -0.05) is 19.9 Å². The van der Waals surface area contributed by atoms with Crippen molar-refractivity contribution in [2.75, 3.05) is 7.11 Å². The van der Waals surface area contributed by atoms with Gasteiger partial charge in [-0.05, 0) is 43.6 Å². The van der Waals surface area contributed by atoms with Crippen LogP contribution < -0.4 is 0 Å². The predicted octanol–water partition coefficient (Wildman–Crippen LogP) is 2.72. The molecule has 1 N–H and O–H groups in total. The first kappa shape index (κ1) is 15.4. The van der Waals surface area contributed by atoms with E-state index in [2.05, 4.69) is 6.92 Å². The van der Waals surface area contributed by atoms with E-state index in [1.807, 2.05) is 13.0 Å². The van der Waals surface area contributed by atoms with Gasteiger partial charge in [0.15, 0.2) is 5.78 Å². The second-order valence-electron chi connectivity index (χ2n) is 5.41. The predicted molar refractivity (Wildman–Crippen MR) is 72.4 cm³/mol. The minimum absolute atomic E-state index is 0.0165. The third-order valence-electron chi connectivity index (χ3n) is 3.83. The van der Waals surface area contributed by atoms with E-state index < -0.39 is 0 Å². The van der Waals surface area contributed by atoms with Crippen LogP contribution in [-0.2, 0) is 9.53 Å². The van der Waals surface area contributed by atoms with E-state index in [-0.39, 0.29) is 18.0 Å². The molecule has 0 aromatic rings. The highest BCUT2D eigenvalue weighted by Crippen LogP contribution is 2.31. The average molecular weight is 254 g/mol. The summed E-state index contributed by atoms with van der Waals surface area (Å²) in [5.41, 5.74) is 0. The fourth-order valence-electron chi connectivity index (χ4n) is 2.66. The fraction of sp³-hybridized carbons (Fsp3) is 0.800. The standard InChI is InChI=1S/C15H26O3/c1-4-13(16)7-5-11(2)9-12-6-8-14(17)15(10-12)18-3/h5,7,11-12,14-15,17H,4,6,8-10H2,1-3H3/b7-5+. The molecule has 18 heavy (non-hydrogen) atoms. The van der Waals surface area contributed by atoms with Gasteiger partial charge in [0.2, 0.25) is 0 Å². The highest BCUT2D eigenvalue weighted by atomic mass is 16.5. The van der Waals surface area contributed by atoms with Crippen molar-refractivity contribution in [3.63, 3.8) is 0 Å². The monoisotopic (exact) mass is 254 g/mol. The Kier molecular flexibility index (Phi) is 6.58. The first-order valence-corrected chi connectivity index (χ1v) is 6.98. The highest BCUT2D eigenvalue weighted by Gasteiger charge is 2.29. The number of hydrogen-bond donors (Lipinski definition) is 1. The number of methoxy groups -OCH3 is 1. The van der Waals surface area contributed by atoms with Gasteiger partial charge in [0.1, 0.15) is 0 Å². The van der Waals surface area contributed by atoms with E-state index in [1.54, 1.807) is 13.2 Å². The summed E-state index contributed by atoms with van der Waals surface area (Å²) < 4.78 is 5.31.